The van der Waals surface area contributed by atoms with Gasteiger partial charge in [-0.3, -0.25) is 4.79 Å². The number of amides is 1. The van der Waals surface area contributed by atoms with Crippen LogP contribution < -0.4 is 10.6 Å². The number of carbonyl (C=O) groups excluding carboxylic acids is 1. The van der Waals surface area contributed by atoms with Gasteiger partial charge in [-0.2, -0.15) is 0 Å². The minimum Gasteiger partial charge on any atom is -0.360 e. The van der Waals surface area contributed by atoms with Crippen LogP contribution in [0.5, 0.6) is 0 Å². The molecule has 122 valence electrons. The molecule has 0 aliphatic heterocycles. The first-order valence-corrected chi connectivity index (χ1v) is 7.41. The van der Waals surface area contributed by atoms with Gasteiger partial charge in [-0.15, -0.1) is 0 Å². The minimum absolute atomic E-state index is 0.196. The van der Waals surface area contributed by atoms with Crippen LogP contribution in [0.15, 0.2) is 41.2 Å². The zero-order valence-electron chi connectivity index (χ0n) is 13.6. The molecule has 7 heteroatoms. The summed E-state index contributed by atoms with van der Waals surface area (Å²) >= 11 is 0. The number of rotatable bonds is 4. The Morgan fingerprint density at radius 2 is 1.71 bits per heavy atom. The van der Waals surface area contributed by atoms with E-state index in [1.54, 1.807) is 13.0 Å². The molecule has 3 aromatic rings. The topological polar surface area (TPSA) is 92.9 Å². The summed E-state index contributed by atoms with van der Waals surface area (Å²) in [4.78, 5) is 20.4. The van der Waals surface area contributed by atoms with Gasteiger partial charge >= 0.3 is 0 Å². The van der Waals surface area contributed by atoms with Crippen LogP contribution in [-0.4, -0.2) is 21.0 Å². The number of benzene rings is 1. The third-order valence-electron chi connectivity index (χ3n) is 3.25. The van der Waals surface area contributed by atoms with Gasteiger partial charge in [0.15, 0.2) is 5.82 Å². The molecule has 0 aliphatic rings. The van der Waals surface area contributed by atoms with Crippen LogP contribution in [0.25, 0.3) is 0 Å². The fourth-order valence-corrected chi connectivity index (χ4v) is 2.31. The van der Waals surface area contributed by atoms with E-state index in [1.165, 1.54) is 12.4 Å². The van der Waals surface area contributed by atoms with Crippen molar-refractivity contribution in [1.82, 2.24) is 15.1 Å². The molecule has 0 saturated carbocycles. The molecule has 1 amide bonds. The number of anilines is 3. The Kier molecular flexibility index (Phi) is 4.24. The van der Waals surface area contributed by atoms with Gasteiger partial charge < -0.3 is 15.2 Å². The molecular formula is C17H17N5O2. The van der Waals surface area contributed by atoms with Gasteiger partial charge in [-0.1, -0.05) is 11.2 Å². The standard InChI is InChI=1S/C17H17N5O2/c1-10-4-11(2)6-13(5-10)20-16-9-18-14(8-19-16)17(23)21-15-7-12(3)24-22-15/h4-9H,1-3H3,(H,19,20)(H,21,22,23). The van der Waals surface area contributed by atoms with Crippen molar-refractivity contribution in [3.8, 4) is 0 Å². The lowest BCUT2D eigenvalue weighted by Crippen LogP contribution is -2.14. The summed E-state index contributed by atoms with van der Waals surface area (Å²) in [6.07, 6.45) is 2.92. The van der Waals surface area contributed by atoms with E-state index in [1.807, 2.05) is 26.0 Å². The SMILES string of the molecule is Cc1cc(C)cc(Nc2cnc(C(=O)Nc3cc(C)on3)cn2)c1. The second-order valence-corrected chi connectivity index (χ2v) is 5.57. The first-order chi connectivity index (χ1) is 11.5. The van der Waals surface area contributed by atoms with Crippen LogP contribution in [0.3, 0.4) is 0 Å². The fraction of sp³-hybridized carbons (Fsp3) is 0.176. The monoisotopic (exact) mass is 323 g/mol. The summed E-state index contributed by atoms with van der Waals surface area (Å²) in [7, 11) is 0. The average molecular weight is 323 g/mol. The van der Waals surface area contributed by atoms with Crippen molar-refractivity contribution in [1.29, 1.82) is 0 Å². The van der Waals surface area contributed by atoms with Gasteiger partial charge in [-0.25, -0.2) is 9.97 Å². The molecule has 0 atom stereocenters. The largest absolute Gasteiger partial charge is 0.360 e. The van der Waals surface area contributed by atoms with E-state index in [9.17, 15) is 4.79 Å². The Hall–Kier alpha value is -3.22. The molecule has 24 heavy (non-hydrogen) atoms. The maximum Gasteiger partial charge on any atom is 0.277 e. The van der Waals surface area contributed by atoms with E-state index in [2.05, 4.69) is 31.8 Å². The zero-order chi connectivity index (χ0) is 17.1. The Morgan fingerprint density at radius 1 is 0.958 bits per heavy atom. The van der Waals surface area contributed by atoms with Crippen LogP contribution in [0.1, 0.15) is 27.4 Å². The lowest BCUT2D eigenvalue weighted by atomic mass is 10.1. The number of carbonyl (C=O) groups is 1. The van der Waals surface area contributed by atoms with E-state index in [4.69, 9.17) is 4.52 Å². The van der Waals surface area contributed by atoms with Crippen molar-refractivity contribution in [2.75, 3.05) is 10.6 Å². The van der Waals surface area contributed by atoms with Gasteiger partial charge in [0.1, 0.15) is 17.3 Å². The molecule has 1 aromatic carbocycles. The van der Waals surface area contributed by atoms with Crippen molar-refractivity contribution in [2.24, 2.45) is 0 Å². The smallest absolute Gasteiger partial charge is 0.277 e. The Morgan fingerprint density at radius 3 is 2.29 bits per heavy atom. The first-order valence-electron chi connectivity index (χ1n) is 7.41. The van der Waals surface area contributed by atoms with Gasteiger partial charge in [0.25, 0.3) is 5.91 Å². The van der Waals surface area contributed by atoms with Crippen molar-refractivity contribution in [2.45, 2.75) is 20.8 Å². The molecule has 3 rings (SSSR count). The van der Waals surface area contributed by atoms with Crippen molar-refractivity contribution in [3.63, 3.8) is 0 Å². The number of hydrogen-bond acceptors (Lipinski definition) is 6. The van der Waals surface area contributed by atoms with Gasteiger partial charge in [-0.05, 0) is 44.0 Å². The second kappa shape index (κ2) is 6.49. The summed E-state index contributed by atoms with van der Waals surface area (Å²) in [5.41, 5.74) is 3.44. The van der Waals surface area contributed by atoms with Crippen LogP contribution in [-0.2, 0) is 0 Å². The molecule has 2 aromatic heterocycles. The molecule has 0 spiro atoms. The molecule has 0 unspecified atom stereocenters. The Labute approximate surface area is 139 Å². The zero-order valence-corrected chi connectivity index (χ0v) is 13.6. The maximum atomic E-state index is 12.1. The number of nitrogens with one attached hydrogen (secondary N) is 2. The van der Waals surface area contributed by atoms with Crippen molar-refractivity contribution >= 4 is 23.2 Å². The summed E-state index contributed by atoms with van der Waals surface area (Å²) in [6.45, 7) is 5.81. The third kappa shape index (κ3) is 3.75. The van der Waals surface area contributed by atoms with Crippen LogP contribution >= 0.6 is 0 Å². The number of aryl methyl sites for hydroxylation is 3. The highest BCUT2D eigenvalue weighted by atomic mass is 16.5. The molecule has 0 radical (unpaired) electrons. The first kappa shape index (κ1) is 15.7. The average Bonchev–Trinajstić information content (AvgIpc) is 2.92. The number of aromatic nitrogens is 3. The molecule has 0 aliphatic carbocycles. The highest BCUT2D eigenvalue weighted by molar-refractivity contribution is 6.02. The highest BCUT2D eigenvalue weighted by Gasteiger charge is 2.11. The van der Waals surface area contributed by atoms with E-state index < -0.39 is 5.91 Å². The van der Waals surface area contributed by atoms with E-state index in [0.29, 0.717) is 17.4 Å². The van der Waals surface area contributed by atoms with Crippen LogP contribution in [0.4, 0.5) is 17.3 Å². The number of nitrogens with zero attached hydrogens (tertiary/aromatic N) is 3. The summed E-state index contributed by atoms with van der Waals surface area (Å²) in [6, 6.07) is 7.75. The second-order valence-electron chi connectivity index (χ2n) is 5.57. The maximum absolute atomic E-state index is 12.1. The minimum atomic E-state index is -0.395. The normalized spacial score (nSPS) is 10.5. The van der Waals surface area contributed by atoms with Crippen LogP contribution in [0, 0.1) is 20.8 Å². The quantitative estimate of drug-likeness (QED) is 0.764. The van der Waals surface area contributed by atoms with Crippen molar-refractivity contribution in [3.05, 3.63) is 59.2 Å². The molecule has 2 N–H and O–H groups in total. The van der Waals surface area contributed by atoms with E-state index >= 15 is 0 Å². The Balaban J connectivity index is 1.69. The summed E-state index contributed by atoms with van der Waals surface area (Å²) in [5, 5.41) is 9.47. The molecular weight excluding hydrogens is 306 g/mol. The van der Waals surface area contributed by atoms with E-state index in [0.717, 1.165) is 16.8 Å². The lowest BCUT2D eigenvalue weighted by Gasteiger charge is -2.08. The van der Waals surface area contributed by atoms with E-state index in [-0.39, 0.29) is 5.69 Å². The lowest BCUT2D eigenvalue weighted by molar-refractivity contribution is 0.102. The van der Waals surface area contributed by atoms with Crippen molar-refractivity contribution < 1.29 is 9.32 Å². The molecule has 0 bridgehead atoms. The van der Waals surface area contributed by atoms with Gasteiger partial charge in [0, 0.05) is 11.8 Å². The molecule has 7 nitrogen and oxygen atoms in total. The number of hydrogen-bond donors (Lipinski definition) is 2. The summed E-state index contributed by atoms with van der Waals surface area (Å²) in [5.74, 6) is 1.13. The predicted molar refractivity (Wildman–Crippen MR) is 90.4 cm³/mol. The summed E-state index contributed by atoms with van der Waals surface area (Å²) < 4.78 is 4.90. The predicted octanol–water partition coefficient (Wildman–Crippen LogP) is 3.39. The van der Waals surface area contributed by atoms with Gasteiger partial charge in [0.2, 0.25) is 0 Å². The fourth-order valence-electron chi connectivity index (χ4n) is 2.31. The highest BCUT2D eigenvalue weighted by Crippen LogP contribution is 2.18. The van der Waals surface area contributed by atoms with Gasteiger partial charge in [0.05, 0.1) is 12.4 Å². The van der Waals surface area contributed by atoms with Crippen LogP contribution in [0.2, 0.25) is 0 Å². The third-order valence-corrected chi connectivity index (χ3v) is 3.25. The Bertz CT molecular complexity index is 851. The molecule has 2 heterocycles. The molecule has 0 saturated heterocycles. The molecule has 0 fully saturated rings.